The summed E-state index contributed by atoms with van der Waals surface area (Å²) >= 11 is 11.8. The fraction of sp³-hybridized carbons (Fsp3) is 0.500. The number of benzene rings is 1. The Kier molecular flexibility index (Phi) is 6.85. The van der Waals surface area contributed by atoms with Gasteiger partial charge in [0.1, 0.15) is 0 Å². The summed E-state index contributed by atoms with van der Waals surface area (Å²) in [6, 6.07) is 5.48. The average Bonchev–Trinajstić information content (AvgIpc) is 2.30. The summed E-state index contributed by atoms with van der Waals surface area (Å²) < 4.78 is 10.2. The van der Waals surface area contributed by atoms with Gasteiger partial charge in [0.05, 0.1) is 29.9 Å². The van der Waals surface area contributed by atoms with Crippen LogP contribution >= 0.6 is 23.2 Å². The van der Waals surface area contributed by atoms with Crippen LogP contribution in [0.2, 0.25) is 10.0 Å². The Labute approximate surface area is 112 Å². The lowest BCUT2D eigenvalue weighted by Gasteiger charge is -2.12. The van der Waals surface area contributed by atoms with Crippen molar-refractivity contribution in [3.05, 3.63) is 33.8 Å². The van der Waals surface area contributed by atoms with Crippen LogP contribution in [0, 0.1) is 0 Å². The minimum atomic E-state index is -0.0518. The van der Waals surface area contributed by atoms with Crippen LogP contribution in [0.3, 0.4) is 0 Å². The molecule has 0 aliphatic carbocycles. The third-order valence-electron chi connectivity index (χ3n) is 2.25. The molecule has 1 atom stereocenters. The topological polar surface area (TPSA) is 44.5 Å². The zero-order chi connectivity index (χ0) is 12.7. The van der Waals surface area contributed by atoms with Crippen LogP contribution in [0.25, 0.3) is 0 Å². The van der Waals surface area contributed by atoms with Gasteiger partial charge in [-0.25, -0.2) is 0 Å². The molecule has 0 radical (unpaired) electrons. The Hall–Kier alpha value is -0.320. The number of ether oxygens (including phenoxy) is 2. The maximum absolute atomic E-state index is 5.93. The van der Waals surface area contributed by atoms with Crippen molar-refractivity contribution in [1.82, 2.24) is 0 Å². The second-order valence-electron chi connectivity index (χ2n) is 3.78. The molecule has 0 spiro atoms. The molecule has 2 N–H and O–H groups in total. The van der Waals surface area contributed by atoms with Crippen LogP contribution in [0.1, 0.15) is 5.56 Å². The number of hydrogen-bond acceptors (Lipinski definition) is 3. The van der Waals surface area contributed by atoms with Crippen molar-refractivity contribution in [3.8, 4) is 0 Å². The second-order valence-corrected chi connectivity index (χ2v) is 4.59. The minimum Gasteiger partial charge on any atom is -0.382 e. The van der Waals surface area contributed by atoms with E-state index in [4.69, 9.17) is 38.4 Å². The summed E-state index contributed by atoms with van der Waals surface area (Å²) in [5.74, 6) is 0. The van der Waals surface area contributed by atoms with Crippen LogP contribution < -0.4 is 5.73 Å². The van der Waals surface area contributed by atoms with E-state index in [1.807, 2.05) is 12.1 Å². The summed E-state index contributed by atoms with van der Waals surface area (Å²) in [7, 11) is 1.64. The van der Waals surface area contributed by atoms with E-state index >= 15 is 0 Å². The molecule has 96 valence electrons. The first-order valence-electron chi connectivity index (χ1n) is 5.39. The summed E-state index contributed by atoms with van der Waals surface area (Å²) in [6.07, 6.45) is 0.712. The van der Waals surface area contributed by atoms with Gasteiger partial charge in [-0.05, 0) is 24.1 Å². The van der Waals surface area contributed by atoms with Crippen molar-refractivity contribution in [1.29, 1.82) is 0 Å². The largest absolute Gasteiger partial charge is 0.382 e. The van der Waals surface area contributed by atoms with Crippen molar-refractivity contribution in [2.24, 2.45) is 5.73 Å². The van der Waals surface area contributed by atoms with E-state index in [9.17, 15) is 0 Å². The second kappa shape index (κ2) is 7.90. The van der Waals surface area contributed by atoms with Gasteiger partial charge in [0.15, 0.2) is 0 Å². The molecule has 0 heterocycles. The number of nitrogens with two attached hydrogens (primary N) is 1. The van der Waals surface area contributed by atoms with Crippen molar-refractivity contribution >= 4 is 23.2 Å². The summed E-state index contributed by atoms with van der Waals surface area (Å²) in [5, 5.41) is 1.11. The summed E-state index contributed by atoms with van der Waals surface area (Å²) in [4.78, 5) is 0. The molecule has 3 nitrogen and oxygen atoms in total. The van der Waals surface area contributed by atoms with Crippen LogP contribution in [0.15, 0.2) is 18.2 Å². The lowest BCUT2D eigenvalue weighted by atomic mass is 10.1. The first kappa shape index (κ1) is 14.7. The monoisotopic (exact) mass is 277 g/mol. The molecule has 0 amide bonds. The molecule has 0 aliphatic rings. The van der Waals surface area contributed by atoms with Crippen LogP contribution in [-0.4, -0.2) is 33.0 Å². The SMILES string of the molecule is COCCOCC(N)Cc1ccc(Cl)c(Cl)c1. The molecule has 0 fully saturated rings. The molecular weight excluding hydrogens is 261 g/mol. The summed E-state index contributed by atoms with van der Waals surface area (Å²) in [6.45, 7) is 1.65. The van der Waals surface area contributed by atoms with Crippen LogP contribution in [0.5, 0.6) is 0 Å². The van der Waals surface area contributed by atoms with E-state index in [1.54, 1.807) is 13.2 Å². The Balaban J connectivity index is 2.34. The van der Waals surface area contributed by atoms with E-state index in [1.165, 1.54) is 0 Å². The number of halogens is 2. The Morgan fingerprint density at radius 2 is 2.00 bits per heavy atom. The first-order valence-corrected chi connectivity index (χ1v) is 6.15. The van der Waals surface area contributed by atoms with Gasteiger partial charge in [0, 0.05) is 13.2 Å². The van der Waals surface area contributed by atoms with Gasteiger partial charge in [-0.1, -0.05) is 29.3 Å². The van der Waals surface area contributed by atoms with Crippen LogP contribution in [0.4, 0.5) is 0 Å². The van der Waals surface area contributed by atoms with Gasteiger partial charge < -0.3 is 15.2 Å². The third-order valence-corrected chi connectivity index (χ3v) is 2.98. The lowest BCUT2D eigenvalue weighted by molar-refractivity contribution is 0.0637. The van der Waals surface area contributed by atoms with E-state index in [2.05, 4.69) is 0 Å². The van der Waals surface area contributed by atoms with Crippen molar-refractivity contribution in [3.63, 3.8) is 0 Å². The number of methoxy groups -OCH3 is 1. The molecule has 0 aliphatic heterocycles. The molecule has 5 heteroatoms. The quantitative estimate of drug-likeness (QED) is 0.779. The average molecular weight is 278 g/mol. The van der Waals surface area contributed by atoms with E-state index in [0.29, 0.717) is 36.3 Å². The van der Waals surface area contributed by atoms with Gasteiger partial charge in [0.25, 0.3) is 0 Å². The summed E-state index contributed by atoms with van der Waals surface area (Å²) in [5.41, 5.74) is 6.99. The third kappa shape index (κ3) is 5.70. The number of rotatable bonds is 7. The molecule has 0 bridgehead atoms. The zero-order valence-electron chi connectivity index (χ0n) is 9.79. The standard InChI is InChI=1S/C12H17Cl2NO2/c1-16-4-5-17-8-10(15)6-9-2-3-11(13)12(14)7-9/h2-3,7,10H,4-6,8,15H2,1H3. The van der Waals surface area contributed by atoms with Crippen molar-refractivity contribution < 1.29 is 9.47 Å². The van der Waals surface area contributed by atoms with Crippen molar-refractivity contribution in [2.45, 2.75) is 12.5 Å². The Morgan fingerprint density at radius 1 is 1.24 bits per heavy atom. The van der Waals surface area contributed by atoms with E-state index in [0.717, 1.165) is 5.56 Å². The van der Waals surface area contributed by atoms with E-state index in [-0.39, 0.29) is 6.04 Å². The molecule has 0 aromatic heterocycles. The molecule has 0 saturated heterocycles. The highest BCUT2D eigenvalue weighted by Crippen LogP contribution is 2.22. The fourth-order valence-corrected chi connectivity index (χ4v) is 1.73. The van der Waals surface area contributed by atoms with Gasteiger partial charge >= 0.3 is 0 Å². The molecule has 1 unspecified atom stereocenters. The molecule has 0 saturated carbocycles. The molecular formula is C12H17Cl2NO2. The van der Waals surface area contributed by atoms with Gasteiger partial charge in [-0.2, -0.15) is 0 Å². The minimum absolute atomic E-state index is 0.0518. The fourth-order valence-electron chi connectivity index (χ4n) is 1.41. The zero-order valence-corrected chi connectivity index (χ0v) is 11.3. The van der Waals surface area contributed by atoms with Gasteiger partial charge in [0.2, 0.25) is 0 Å². The highest BCUT2D eigenvalue weighted by molar-refractivity contribution is 6.42. The smallest absolute Gasteiger partial charge is 0.0701 e. The lowest BCUT2D eigenvalue weighted by Crippen LogP contribution is -2.29. The number of hydrogen-bond donors (Lipinski definition) is 1. The molecule has 1 aromatic rings. The first-order chi connectivity index (χ1) is 8.13. The predicted octanol–water partition coefficient (Wildman–Crippen LogP) is 2.53. The molecule has 1 aromatic carbocycles. The maximum atomic E-state index is 5.93. The molecule has 1 rings (SSSR count). The van der Waals surface area contributed by atoms with Crippen molar-refractivity contribution in [2.75, 3.05) is 26.9 Å². The predicted molar refractivity (Wildman–Crippen MR) is 70.8 cm³/mol. The van der Waals surface area contributed by atoms with Gasteiger partial charge in [-0.15, -0.1) is 0 Å². The Morgan fingerprint density at radius 3 is 2.65 bits per heavy atom. The van der Waals surface area contributed by atoms with Crippen LogP contribution in [-0.2, 0) is 15.9 Å². The highest BCUT2D eigenvalue weighted by atomic mass is 35.5. The maximum Gasteiger partial charge on any atom is 0.0701 e. The highest BCUT2D eigenvalue weighted by Gasteiger charge is 2.06. The van der Waals surface area contributed by atoms with E-state index < -0.39 is 0 Å². The molecule has 17 heavy (non-hydrogen) atoms. The Bertz CT molecular complexity index is 347. The van der Waals surface area contributed by atoms with Gasteiger partial charge in [-0.3, -0.25) is 0 Å². The normalized spacial score (nSPS) is 12.7.